The maximum Gasteiger partial charge on any atom is 0.261 e. The summed E-state index contributed by atoms with van der Waals surface area (Å²) >= 11 is 0. The Morgan fingerprint density at radius 2 is 1.45 bits per heavy atom. The molecule has 2 N–H and O–H groups in total. The molecule has 240 valence electrons. The number of sulfonamides is 1. The van der Waals surface area contributed by atoms with Crippen molar-refractivity contribution in [1.82, 2.24) is 15.2 Å². The van der Waals surface area contributed by atoms with Crippen molar-refractivity contribution in [3.05, 3.63) is 156 Å². The van der Waals surface area contributed by atoms with Crippen LogP contribution < -0.4 is 14.8 Å². The number of aromatic nitrogens is 1. The number of carbonyl (C=O) groups is 2. The van der Waals surface area contributed by atoms with Gasteiger partial charge in [-0.2, -0.15) is 0 Å². The van der Waals surface area contributed by atoms with Crippen LogP contribution in [-0.4, -0.2) is 36.7 Å². The fraction of sp³-hybridized carbons (Fsp3) is 0.114. The quantitative estimate of drug-likeness (QED) is 0.170. The lowest BCUT2D eigenvalue weighted by Crippen LogP contribution is -2.45. The van der Waals surface area contributed by atoms with Gasteiger partial charge in [-0.3, -0.25) is 19.3 Å². The first-order valence-corrected chi connectivity index (χ1v) is 15.9. The molecular formula is C35H30F2N4O5S. The molecule has 12 heteroatoms. The Bertz CT molecular complexity index is 1890. The van der Waals surface area contributed by atoms with Crippen molar-refractivity contribution in [3.8, 4) is 5.75 Å². The Morgan fingerprint density at radius 3 is 2.09 bits per heavy atom. The molecule has 2 amide bonds. The minimum Gasteiger partial charge on any atom is -0.484 e. The van der Waals surface area contributed by atoms with Crippen molar-refractivity contribution in [1.29, 1.82) is 0 Å². The van der Waals surface area contributed by atoms with Gasteiger partial charge in [-0.25, -0.2) is 17.2 Å². The number of nitrogens with zero attached hydrogens (tertiary/aromatic N) is 2. The Balaban J connectivity index is 1.35. The molecule has 0 aliphatic heterocycles. The molecule has 0 aliphatic rings. The second kappa shape index (κ2) is 15.1. The van der Waals surface area contributed by atoms with E-state index in [9.17, 15) is 26.8 Å². The Morgan fingerprint density at radius 1 is 0.787 bits per heavy atom. The molecule has 0 fully saturated rings. The Kier molecular flexibility index (Phi) is 10.5. The monoisotopic (exact) mass is 656 g/mol. The zero-order valence-electron chi connectivity index (χ0n) is 24.9. The van der Waals surface area contributed by atoms with Crippen molar-refractivity contribution in [2.45, 2.75) is 24.0 Å². The maximum atomic E-state index is 13.8. The number of nitrogens with one attached hydrogen (secondary N) is 2. The number of carbonyl (C=O) groups excluding carboxylic acids is 2. The first-order chi connectivity index (χ1) is 22.7. The Hall–Kier alpha value is -5.62. The average molecular weight is 657 g/mol. The minimum atomic E-state index is -3.98. The van der Waals surface area contributed by atoms with Gasteiger partial charge in [0.25, 0.3) is 15.9 Å². The van der Waals surface area contributed by atoms with Gasteiger partial charge >= 0.3 is 0 Å². The molecule has 0 spiro atoms. The van der Waals surface area contributed by atoms with Crippen LogP contribution in [0.5, 0.6) is 5.75 Å². The predicted molar refractivity (Wildman–Crippen MR) is 171 cm³/mol. The van der Waals surface area contributed by atoms with E-state index in [1.165, 1.54) is 65.6 Å². The lowest BCUT2D eigenvalue weighted by atomic mass is 10.0. The highest BCUT2D eigenvalue weighted by Gasteiger charge is 2.32. The number of hydrogen-bond donors (Lipinski definition) is 2. The van der Waals surface area contributed by atoms with E-state index in [2.05, 4.69) is 15.0 Å². The van der Waals surface area contributed by atoms with Gasteiger partial charge in [0.1, 0.15) is 23.4 Å². The van der Waals surface area contributed by atoms with Gasteiger partial charge in [-0.1, -0.05) is 48.5 Å². The summed E-state index contributed by atoms with van der Waals surface area (Å²) < 4.78 is 60.6. The van der Waals surface area contributed by atoms with E-state index in [1.54, 1.807) is 48.8 Å². The van der Waals surface area contributed by atoms with Crippen molar-refractivity contribution in [2.75, 3.05) is 11.3 Å². The van der Waals surface area contributed by atoms with E-state index in [0.29, 0.717) is 11.1 Å². The Labute approximate surface area is 270 Å². The molecule has 9 nitrogen and oxygen atoms in total. The summed E-state index contributed by atoms with van der Waals surface area (Å²) in [6.07, 6.45) is 3.25. The number of pyridine rings is 1. The van der Waals surface area contributed by atoms with Crippen LogP contribution in [0.25, 0.3) is 0 Å². The minimum absolute atomic E-state index is 0.0332. The maximum absolute atomic E-state index is 13.8. The second-order valence-corrected chi connectivity index (χ2v) is 12.1. The van der Waals surface area contributed by atoms with E-state index in [-0.39, 0.29) is 29.4 Å². The van der Waals surface area contributed by atoms with E-state index >= 15 is 0 Å². The van der Waals surface area contributed by atoms with Crippen LogP contribution in [0.3, 0.4) is 0 Å². The van der Waals surface area contributed by atoms with Crippen LogP contribution in [0.2, 0.25) is 0 Å². The summed E-state index contributed by atoms with van der Waals surface area (Å²) in [4.78, 5) is 32.9. The molecule has 0 aliphatic carbocycles. The van der Waals surface area contributed by atoms with Gasteiger partial charge in [0.2, 0.25) is 5.91 Å². The highest BCUT2D eigenvalue weighted by atomic mass is 32.2. The second-order valence-electron chi connectivity index (χ2n) is 10.4. The van der Waals surface area contributed by atoms with Crippen molar-refractivity contribution < 1.29 is 31.5 Å². The van der Waals surface area contributed by atoms with Gasteiger partial charge < -0.3 is 15.0 Å². The van der Waals surface area contributed by atoms with E-state index in [4.69, 9.17) is 4.74 Å². The van der Waals surface area contributed by atoms with Gasteiger partial charge in [-0.15, -0.1) is 0 Å². The topological polar surface area (TPSA) is 118 Å². The molecule has 1 atom stereocenters. The fourth-order valence-corrected chi connectivity index (χ4v) is 5.74. The molecule has 1 heterocycles. The zero-order chi connectivity index (χ0) is 33.2. The smallest absolute Gasteiger partial charge is 0.261 e. The largest absolute Gasteiger partial charge is 0.484 e. The number of amides is 2. The van der Waals surface area contributed by atoms with E-state index < -0.39 is 46.1 Å². The molecule has 47 heavy (non-hydrogen) atoms. The SMILES string of the molecule is O=C(NCc1cccnc1)[C@@H](c1ccccc1)N(Cc1ccc(F)cc1)C(=O)COc1ccc(S(=O)(=O)Nc2ccc(F)cc2)cc1. The lowest BCUT2D eigenvalue weighted by molar-refractivity contribution is -0.143. The van der Waals surface area contributed by atoms with Gasteiger partial charge in [0.15, 0.2) is 6.61 Å². The van der Waals surface area contributed by atoms with Crippen LogP contribution in [0, 0.1) is 11.6 Å². The summed E-state index contributed by atoms with van der Waals surface area (Å²) in [5.74, 6) is -1.73. The predicted octanol–water partition coefficient (Wildman–Crippen LogP) is 5.63. The zero-order valence-corrected chi connectivity index (χ0v) is 25.7. The van der Waals surface area contributed by atoms with E-state index in [0.717, 1.165) is 17.7 Å². The molecule has 4 aromatic carbocycles. The molecule has 0 saturated carbocycles. The number of rotatable bonds is 13. The molecule has 5 aromatic rings. The standard InChI is InChI=1S/C35H30F2N4O5S/c36-28-10-8-25(9-11-28)23-41(34(27-6-2-1-3-7-27)35(43)39-22-26-5-4-20-38-21-26)33(42)24-46-31-16-18-32(19-17-31)47(44,45)40-30-14-12-29(37)13-15-30/h1-21,34,40H,22-24H2,(H,39,43)/t34-/m1/s1. The molecule has 0 radical (unpaired) electrons. The molecule has 0 saturated heterocycles. The molecule has 0 bridgehead atoms. The molecular weight excluding hydrogens is 626 g/mol. The van der Waals surface area contributed by atoms with Gasteiger partial charge in [0, 0.05) is 31.2 Å². The van der Waals surface area contributed by atoms with Crippen molar-refractivity contribution >= 4 is 27.5 Å². The van der Waals surface area contributed by atoms with Crippen LogP contribution in [-0.2, 0) is 32.7 Å². The molecule has 5 rings (SSSR count). The van der Waals surface area contributed by atoms with Crippen LogP contribution in [0.1, 0.15) is 22.7 Å². The highest BCUT2D eigenvalue weighted by molar-refractivity contribution is 7.92. The lowest BCUT2D eigenvalue weighted by Gasteiger charge is -2.31. The third kappa shape index (κ3) is 8.98. The fourth-order valence-electron chi connectivity index (χ4n) is 4.68. The number of halogens is 2. The number of hydrogen-bond acceptors (Lipinski definition) is 6. The molecule has 1 aromatic heterocycles. The third-order valence-electron chi connectivity index (χ3n) is 7.04. The first kappa shape index (κ1) is 32.8. The van der Waals surface area contributed by atoms with Gasteiger partial charge in [-0.05, 0) is 83.4 Å². The van der Waals surface area contributed by atoms with E-state index in [1.807, 2.05) is 6.07 Å². The molecule has 0 unspecified atom stereocenters. The average Bonchev–Trinajstić information content (AvgIpc) is 3.09. The highest BCUT2D eigenvalue weighted by Crippen LogP contribution is 2.25. The number of anilines is 1. The van der Waals surface area contributed by atoms with Crippen LogP contribution >= 0.6 is 0 Å². The van der Waals surface area contributed by atoms with Crippen LogP contribution in [0.4, 0.5) is 14.5 Å². The summed E-state index contributed by atoms with van der Waals surface area (Å²) in [5.41, 5.74) is 2.10. The van der Waals surface area contributed by atoms with Gasteiger partial charge in [0.05, 0.1) is 4.90 Å². The number of benzene rings is 4. The summed E-state index contributed by atoms with van der Waals surface area (Å²) in [7, 11) is -3.98. The number of ether oxygens (including phenoxy) is 1. The third-order valence-corrected chi connectivity index (χ3v) is 8.44. The van der Waals surface area contributed by atoms with Crippen LogP contribution in [0.15, 0.2) is 133 Å². The van der Waals surface area contributed by atoms with Crippen molar-refractivity contribution in [3.63, 3.8) is 0 Å². The first-order valence-electron chi connectivity index (χ1n) is 14.4. The normalized spacial score (nSPS) is 11.7. The summed E-state index contributed by atoms with van der Waals surface area (Å²) in [5, 5.41) is 2.89. The summed E-state index contributed by atoms with van der Waals surface area (Å²) in [6, 6.07) is 27.2. The van der Waals surface area contributed by atoms with Crippen molar-refractivity contribution in [2.24, 2.45) is 0 Å². The summed E-state index contributed by atoms with van der Waals surface area (Å²) in [6.45, 7) is -0.342.